The van der Waals surface area contributed by atoms with Crippen molar-refractivity contribution in [3.63, 3.8) is 0 Å². The van der Waals surface area contributed by atoms with Gasteiger partial charge in [0.2, 0.25) is 0 Å². The van der Waals surface area contributed by atoms with Gasteiger partial charge in [0, 0.05) is 28.7 Å². The molecule has 154 valence electrons. The van der Waals surface area contributed by atoms with Gasteiger partial charge in [-0.3, -0.25) is 0 Å². The molecule has 4 rings (SSSR count). The summed E-state index contributed by atoms with van der Waals surface area (Å²) in [5.74, 6) is 2.48. The first kappa shape index (κ1) is 20.4. The zero-order valence-electron chi connectivity index (χ0n) is 17.4. The van der Waals surface area contributed by atoms with Crippen LogP contribution in [0.15, 0.2) is 72.9 Å². The van der Waals surface area contributed by atoms with Crippen molar-refractivity contribution in [1.29, 1.82) is 0 Å². The van der Waals surface area contributed by atoms with Gasteiger partial charge >= 0.3 is 0 Å². The fourth-order valence-electron chi connectivity index (χ4n) is 3.67. The van der Waals surface area contributed by atoms with Crippen LogP contribution in [0.3, 0.4) is 0 Å². The maximum atomic E-state index is 6.08. The van der Waals surface area contributed by atoms with Crippen molar-refractivity contribution in [3.8, 4) is 17.2 Å². The van der Waals surface area contributed by atoms with E-state index in [0.29, 0.717) is 5.02 Å². The topological polar surface area (TPSA) is 23.4 Å². The van der Waals surface area contributed by atoms with Crippen molar-refractivity contribution in [2.75, 3.05) is 7.11 Å². The Bertz CT molecular complexity index is 1110. The van der Waals surface area contributed by atoms with Crippen LogP contribution < -0.4 is 9.47 Å². The zero-order chi connectivity index (χ0) is 20.9. The van der Waals surface area contributed by atoms with E-state index in [4.69, 9.17) is 21.1 Å². The fourth-order valence-corrected chi connectivity index (χ4v) is 3.80. The Morgan fingerprint density at radius 3 is 2.27 bits per heavy atom. The summed E-state index contributed by atoms with van der Waals surface area (Å²) in [6.07, 6.45) is 5.49. The van der Waals surface area contributed by atoms with Gasteiger partial charge in [-0.1, -0.05) is 37.1 Å². The fraction of sp³-hybridized carbons (Fsp3) is 0.231. The van der Waals surface area contributed by atoms with Gasteiger partial charge in [0.05, 0.1) is 7.11 Å². The van der Waals surface area contributed by atoms with Crippen molar-refractivity contribution >= 4 is 22.5 Å². The number of rotatable bonds is 8. The summed E-state index contributed by atoms with van der Waals surface area (Å²) in [6, 6.07) is 22.1. The molecule has 0 fully saturated rings. The molecule has 3 aromatic carbocycles. The van der Waals surface area contributed by atoms with Crippen molar-refractivity contribution in [1.82, 2.24) is 4.57 Å². The molecule has 0 amide bonds. The molecule has 1 aromatic heterocycles. The third-order valence-corrected chi connectivity index (χ3v) is 5.54. The van der Waals surface area contributed by atoms with Crippen molar-refractivity contribution in [2.24, 2.45) is 0 Å². The highest BCUT2D eigenvalue weighted by molar-refractivity contribution is 6.30. The van der Waals surface area contributed by atoms with Crippen LogP contribution in [-0.2, 0) is 13.0 Å². The molecule has 0 aliphatic rings. The predicted octanol–water partition coefficient (Wildman–Crippen LogP) is 7.49. The molecule has 0 unspecified atom stereocenters. The Labute approximate surface area is 182 Å². The molecule has 0 spiro atoms. The Balaban J connectivity index is 1.67. The van der Waals surface area contributed by atoms with E-state index in [2.05, 4.69) is 42.0 Å². The van der Waals surface area contributed by atoms with Crippen LogP contribution in [0.2, 0.25) is 5.02 Å². The zero-order valence-corrected chi connectivity index (χ0v) is 18.2. The summed E-state index contributed by atoms with van der Waals surface area (Å²) < 4.78 is 13.7. The summed E-state index contributed by atoms with van der Waals surface area (Å²) in [6.45, 7) is 3.25. The number of methoxy groups -OCH3 is 1. The standard InChI is InChI=1S/C26H26ClNO2/c1-3-4-15-28-18-20(16-19-5-9-22(29-2)10-6-19)25-17-24(13-14-26(25)28)30-23-11-7-21(27)8-12-23/h5-14,17-18H,3-4,15-16H2,1-2H3. The Morgan fingerprint density at radius 1 is 0.867 bits per heavy atom. The number of hydrogen-bond donors (Lipinski definition) is 0. The molecule has 3 nitrogen and oxygen atoms in total. The average molecular weight is 420 g/mol. The molecule has 0 N–H and O–H groups in total. The number of hydrogen-bond acceptors (Lipinski definition) is 2. The van der Waals surface area contributed by atoms with Crippen molar-refractivity contribution in [2.45, 2.75) is 32.7 Å². The molecule has 30 heavy (non-hydrogen) atoms. The Morgan fingerprint density at radius 2 is 1.57 bits per heavy atom. The van der Waals surface area contributed by atoms with Crippen LogP contribution >= 0.6 is 11.6 Å². The van der Waals surface area contributed by atoms with E-state index >= 15 is 0 Å². The number of ether oxygens (including phenoxy) is 2. The molecule has 4 heteroatoms. The number of benzene rings is 3. The first-order valence-electron chi connectivity index (χ1n) is 10.3. The van der Waals surface area contributed by atoms with Gasteiger partial charge in [0.15, 0.2) is 0 Å². The summed E-state index contributed by atoms with van der Waals surface area (Å²) in [4.78, 5) is 0. The van der Waals surface area contributed by atoms with Gasteiger partial charge in [-0.2, -0.15) is 0 Å². The van der Waals surface area contributed by atoms with Gasteiger partial charge in [-0.05, 0) is 78.6 Å². The quantitative estimate of drug-likeness (QED) is 0.295. The molecule has 0 aliphatic carbocycles. The van der Waals surface area contributed by atoms with E-state index in [1.54, 1.807) is 7.11 Å². The normalized spacial score (nSPS) is 11.0. The molecule has 0 saturated carbocycles. The second kappa shape index (κ2) is 9.27. The molecule has 0 aliphatic heterocycles. The van der Waals surface area contributed by atoms with Gasteiger partial charge in [-0.25, -0.2) is 0 Å². The van der Waals surface area contributed by atoms with Crippen LogP contribution in [0.5, 0.6) is 17.2 Å². The minimum absolute atomic E-state index is 0.701. The van der Waals surface area contributed by atoms with Crippen LogP contribution in [0.4, 0.5) is 0 Å². The molecule has 0 atom stereocenters. The van der Waals surface area contributed by atoms with Gasteiger partial charge in [-0.15, -0.1) is 0 Å². The monoisotopic (exact) mass is 419 g/mol. The van der Waals surface area contributed by atoms with Crippen LogP contribution in [0.25, 0.3) is 10.9 Å². The first-order valence-corrected chi connectivity index (χ1v) is 10.7. The van der Waals surface area contributed by atoms with Crippen LogP contribution in [0, 0.1) is 0 Å². The van der Waals surface area contributed by atoms with Crippen molar-refractivity contribution < 1.29 is 9.47 Å². The third kappa shape index (κ3) is 4.63. The van der Waals surface area contributed by atoms with Gasteiger partial charge < -0.3 is 14.0 Å². The highest BCUT2D eigenvalue weighted by Crippen LogP contribution is 2.31. The average Bonchev–Trinajstić information content (AvgIpc) is 3.11. The lowest BCUT2D eigenvalue weighted by atomic mass is 10.0. The highest BCUT2D eigenvalue weighted by Gasteiger charge is 2.11. The van der Waals surface area contributed by atoms with Crippen LogP contribution in [0.1, 0.15) is 30.9 Å². The van der Waals surface area contributed by atoms with E-state index in [0.717, 1.165) is 36.6 Å². The molecular weight excluding hydrogens is 394 g/mol. The number of halogens is 1. The number of aromatic nitrogens is 1. The maximum absolute atomic E-state index is 6.08. The smallest absolute Gasteiger partial charge is 0.128 e. The lowest BCUT2D eigenvalue weighted by Gasteiger charge is -2.08. The summed E-state index contributed by atoms with van der Waals surface area (Å²) in [5, 5.41) is 1.93. The molecule has 4 aromatic rings. The number of aryl methyl sites for hydroxylation is 1. The van der Waals surface area contributed by atoms with Gasteiger partial charge in [0.1, 0.15) is 17.2 Å². The SMILES string of the molecule is CCCCn1cc(Cc2ccc(OC)cc2)c2cc(Oc3ccc(Cl)cc3)ccc21. The second-order valence-electron chi connectivity index (χ2n) is 7.46. The van der Waals surface area contributed by atoms with E-state index in [1.165, 1.54) is 28.5 Å². The van der Waals surface area contributed by atoms with E-state index in [9.17, 15) is 0 Å². The summed E-state index contributed by atoms with van der Waals surface area (Å²) >= 11 is 5.99. The third-order valence-electron chi connectivity index (χ3n) is 5.29. The predicted molar refractivity (Wildman–Crippen MR) is 124 cm³/mol. The lowest BCUT2D eigenvalue weighted by Crippen LogP contribution is -1.95. The molecular formula is C26H26ClNO2. The van der Waals surface area contributed by atoms with Crippen molar-refractivity contribution in [3.05, 3.63) is 89.1 Å². The Hall–Kier alpha value is -2.91. The van der Waals surface area contributed by atoms with E-state index < -0.39 is 0 Å². The molecule has 0 bridgehead atoms. The van der Waals surface area contributed by atoms with E-state index in [-0.39, 0.29) is 0 Å². The van der Waals surface area contributed by atoms with Gasteiger partial charge in [0.25, 0.3) is 0 Å². The second-order valence-corrected chi connectivity index (χ2v) is 7.90. The number of unbranched alkanes of at least 4 members (excludes halogenated alkanes) is 1. The summed E-state index contributed by atoms with van der Waals surface area (Å²) in [7, 11) is 1.69. The lowest BCUT2D eigenvalue weighted by molar-refractivity contribution is 0.414. The highest BCUT2D eigenvalue weighted by atomic mass is 35.5. The van der Waals surface area contributed by atoms with Crippen LogP contribution in [-0.4, -0.2) is 11.7 Å². The number of fused-ring (bicyclic) bond motifs is 1. The minimum atomic E-state index is 0.701. The largest absolute Gasteiger partial charge is 0.497 e. The minimum Gasteiger partial charge on any atom is -0.497 e. The Kier molecular flexibility index (Phi) is 6.29. The number of nitrogens with zero attached hydrogens (tertiary/aromatic N) is 1. The van der Waals surface area contributed by atoms with E-state index in [1.807, 2.05) is 42.5 Å². The first-order chi connectivity index (χ1) is 14.7. The molecule has 1 heterocycles. The molecule has 0 saturated heterocycles. The summed E-state index contributed by atoms with van der Waals surface area (Å²) in [5.41, 5.74) is 3.80. The maximum Gasteiger partial charge on any atom is 0.128 e. The molecule has 0 radical (unpaired) electrons.